The molecule has 40 heavy (non-hydrogen) atoms. The van der Waals surface area contributed by atoms with E-state index in [9.17, 15) is 28.4 Å². The van der Waals surface area contributed by atoms with Gasteiger partial charge >= 0.3 is 5.92 Å². The average molecular weight is 555 g/mol. The van der Waals surface area contributed by atoms with Crippen LogP contribution in [-0.4, -0.2) is 28.9 Å². The van der Waals surface area contributed by atoms with E-state index in [0.29, 0.717) is 32.6 Å². The zero-order valence-electron chi connectivity index (χ0n) is 25.3. The van der Waals surface area contributed by atoms with Gasteiger partial charge in [-0.3, -0.25) is 14.4 Å². The first-order valence-corrected chi connectivity index (χ1v) is 14.8. The van der Waals surface area contributed by atoms with E-state index >= 15 is 0 Å². The van der Waals surface area contributed by atoms with Gasteiger partial charge in [-0.15, -0.1) is 0 Å². The van der Waals surface area contributed by atoms with Gasteiger partial charge in [0.25, 0.3) is 5.91 Å². The second-order valence-electron chi connectivity index (χ2n) is 15.8. The summed E-state index contributed by atoms with van der Waals surface area (Å²) in [7, 11) is 0. The number of carbonyl (C=O) groups excluding carboxylic acids is 3. The summed E-state index contributed by atoms with van der Waals surface area (Å²) in [6.45, 7) is 15.3. The SMILES string of the molecule is CC1(C)CC[C@]2(NC(=O)C(C)(F)F)CC[C@]3(C)C(C(=O)C=C4[C@@]5(C)C=C(C#N)C(=O)C(C)(C)[C@@H]5CC[C@]43C)C2C1. The molecule has 0 aromatic carbocycles. The van der Waals surface area contributed by atoms with Gasteiger partial charge in [-0.25, -0.2) is 0 Å². The number of fused-ring (bicyclic) bond motifs is 7. The summed E-state index contributed by atoms with van der Waals surface area (Å²) in [4.78, 5) is 40.3. The van der Waals surface area contributed by atoms with E-state index in [1.165, 1.54) is 0 Å². The molecule has 218 valence electrons. The van der Waals surface area contributed by atoms with Crippen LogP contribution >= 0.6 is 0 Å². The van der Waals surface area contributed by atoms with Gasteiger partial charge in [-0.05, 0) is 79.1 Å². The summed E-state index contributed by atoms with van der Waals surface area (Å²) < 4.78 is 28.3. The van der Waals surface area contributed by atoms with Crippen LogP contribution < -0.4 is 5.32 Å². The van der Waals surface area contributed by atoms with E-state index < -0.39 is 44.9 Å². The van der Waals surface area contributed by atoms with Gasteiger partial charge in [0.1, 0.15) is 6.07 Å². The van der Waals surface area contributed by atoms with Gasteiger partial charge in [-0.1, -0.05) is 60.1 Å². The Labute approximate surface area is 237 Å². The first-order valence-electron chi connectivity index (χ1n) is 14.8. The maximum Gasteiger partial charge on any atom is 0.321 e. The Morgan fingerprint density at radius 3 is 2.25 bits per heavy atom. The number of nitrogens with zero attached hydrogens (tertiary/aromatic N) is 1. The predicted octanol–water partition coefficient (Wildman–Crippen LogP) is 6.73. The van der Waals surface area contributed by atoms with Crippen molar-refractivity contribution in [1.29, 1.82) is 5.26 Å². The lowest BCUT2D eigenvalue weighted by molar-refractivity contribution is -0.168. The standard InChI is InChI=1S/C33H44F2N2O3/c1-27(2)11-13-33(37-26(40)32(8,34)35)14-12-31(7)24(20(33)17-27)21(38)15-23-29(5)16-19(18-36)25(39)28(3,4)22(29)9-10-30(23,31)6/h15-16,20,22,24H,9-14,17H2,1-8H3,(H,37,40)/t20?,22-,24?,29-,30+,31+,33-/m0/s1. The third kappa shape index (κ3) is 3.69. The molecule has 1 amide bonds. The molecule has 0 aliphatic heterocycles. The van der Waals surface area contributed by atoms with Crippen molar-refractivity contribution in [3.05, 3.63) is 23.3 Å². The van der Waals surface area contributed by atoms with Crippen molar-refractivity contribution in [3.63, 3.8) is 0 Å². The monoisotopic (exact) mass is 554 g/mol. The number of nitrogens with one attached hydrogen (secondary N) is 1. The molecule has 0 bridgehead atoms. The van der Waals surface area contributed by atoms with Crippen LogP contribution in [0.25, 0.3) is 0 Å². The molecule has 5 nitrogen and oxygen atoms in total. The first-order chi connectivity index (χ1) is 18.2. The molecule has 7 heteroatoms. The fraction of sp³-hybridized carbons (Fsp3) is 0.758. The molecule has 5 aliphatic rings. The molecule has 0 radical (unpaired) electrons. The Hall–Kier alpha value is -2.36. The molecule has 0 spiro atoms. The number of ketones is 2. The van der Waals surface area contributed by atoms with Crippen molar-refractivity contribution in [1.82, 2.24) is 5.32 Å². The van der Waals surface area contributed by atoms with Crippen molar-refractivity contribution in [2.24, 2.45) is 44.8 Å². The average Bonchev–Trinajstić information content (AvgIpc) is 2.83. The Morgan fingerprint density at radius 2 is 1.65 bits per heavy atom. The minimum atomic E-state index is -3.49. The van der Waals surface area contributed by atoms with Crippen LogP contribution in [0.4, 0.5) is 8.78 Å². The maximum atomic E-state index is 14.4. The zero-order valence-corrected chi connectivity index (χ0v) is 25.3. The van der Waals surface area contributed by atoms with Gasteiger partial charge in [0.05, 0.1) is 5.57 Å². The highest BCUT2D eigenvalue weighted by Crippen LogP contribution is 2.73. The fourth-order valence-corrected chi connectivity index (χ4v) is 10.2. The van der Waals surface area contributed by atoms with Crippen molar-refractivity contribution in [3.8, 4) is 6.07 Å². The number of allylic oxidation sites excluding steroid dienone is 4. The number of halogens is 2. The lowest BCUT2D eigenvalue weighted by Gasteiger charge is -2.69. The minimum absolute atomic E-state index is 0.0113. The molecule has 0 saturated heterocycles. The van der Waals surface area contributed by atoms with E-state index in [0.717, 1.165) is 24.8 Å². The first kappa shape index (κ1) is 29.1. The predicted molar refractivity (Wildman–Crippen MR) is 148 cm³/mol. The topological polar surface area (TPSA) is 87.0 Å². The van der Waals surface area contributed by atoms with E-state index in [-0.39, 0.29) is 34.4 Å². The number of rotatable bonds is 2. The highest BCUT2D eigenvalue weighted by molar-refractivity contribution is 6.04. The van der Waals surface area contributed by atoms with Gasteiger partial charge < -0.3 is 5.32 Å². The molecule has 2 unspecified atom stereocenters. The second-order valence-corrected chi connectivity index (χ2v) is 15.8. The Balaban J connectivity index is 1.67. The van der Waals surface area contributed by atoms with E-state index in [1.54, 1.807) is 6.08 Å². The largest absolute Gasteiger partial charge is 0.345 e. The highest BCUT2D eigenvalue weighted by Gasteiger charge is 2.70. The van der Waals surface area contributed by atoms with Crippen LogP contribution in [0.1, 0.15) is 100 Å². The Kier molecular flexibility index (Phi) is 6.09. The number of hydrogen-bond acceptors (Lipinski definition) is 4. The fourth-order valence-electron chi connectivity index (χ4n) is 10.2. The lowest BCUT2D eigenvalue weighted by Crippen LogP contribution is -2.70. The molecule has 3 fully saturated rings. The number of hydrogen-bond donors (Lipinski definition) is 1. The van der Waals surface area contributed by atoms with Crippen molar-refractivity contribution in [2.75, 3.05) is 0 Å². The second kappa shape index (κ2) is 8.35. The molecular formula is C33H44F2N2O3. The molecule has 7 atom stereocenters. The Bertz CT molecular complexity index is 1300. The van der Waals surface area contributed by atoms with Crippen molar-refractivity contribution in [2.45, 2.75) is 112 Å². The summed E-state index contributed by atoms with van der Waals surface area (Å²) in [5, 5.41) is 12.7. The lowest BCUT2D eigenvalue weighted by atomic mass is 9.35. The third-order valence-electron chi connectivity index (χ3n) is 12.6. The molecular weight excluding hydrogens is 510 g/mol. The van der Waals surface area contributed by atoms with E-state index in [2.05, 4.69) is 46.0 Å². The normalized spacial score (nSPS) is 43.6. The summed E-state index contributed by atoms with van der Waals surface area (Å²) in [6, 6.07) is 2.13. The number of Topliss-reactive ketones (excluding diaryl/α,β-unsaturated/α-hetero) is 1. The summed E-state index contributed by atoms with van der Waals surface area (Å²) >= 11 is 0. The third-order valence-corrected chi connectivity index (χ3v) is 12.6. The number of nitriles is 1. The van der Waals surface area contributed by atoms with Crippen LogP contribution in [0.3, 0.4) is 0 Å². The van der Waals surface area contributed by atoms with Gasteiger partial charge in [-0.2, -0.15) is 14.0 Å². The molecule has 1 N–H and O–H groups in total. The minimum Gasteiger partial charge on any atom is -0.345 e. The number of alkyl halides is 2. The summed E-state index contributed by atoms with van der Waals surface area (Å²) in [6.07, 6.45) is 8.42. The van der Waals surface area contributed by atoms with Crippen LogP contribution in [0.15, 0.2) is 23.3 Å². The molecule has 5 aliphatic carbocycles. The molecule has 0 aromatic heterocycles. The highest BCUT2D eigenvalue weighted by atomic mass is 19.3. The van der Waals surface area contributed by atoms with Gasteiger partial charge in [0.15, 0.2) is 11.6 Å². The smallest absolute Gasteiger partial charge is 0.321 e. The summed E-state index contributed by atoms with van der Waals surface area (Å²) in [5.41, 5.74) is -1.98. The van der Waals surface area contributed by atoms with Crippen molar-refractivity contribution >= 4 is 17.5 Å². The molecule has 5 rings (SSSR count). The maximum absolute atomic E-state index is 14.4. The number of carbonyl (C=O) groups is 3. The van der Waals surface area contributed by atoms with E-state index in [1.807, 2.05) is 19.9 Å². The van der Waals surface area contributed by atoms with Crippen LogP contribution in [0, 0.1) is 56.2 Å². The van der Waals surface area contributed by atoms with Gasteiger partial charge in [0.2, 0.25) is 0 Å². The number of amides is 1. The van der Waals surface area contributed by atoms with Crippen molar-refractivity contribution < 1.29 is 23.2 Å². The quantitative estimate of drug-likeness (QED) is 0.410. The van der Waals surface area contributed by atoms with E-state index in [4.69, 9.17) is 0 Å². The molecule has 0 aromatic rings. The van der Waals surface area contributed by atoms with Crippen LogP contribution in [0.2, 0.25) is 0 Å². The molecule has 0 heterocycles. The van der Waals surface area contributed by atoms with Gasteiger partial charge in [0, 0.05) is 29.2 Å². The zero-order chi connectivity index (χ0) is 29.9. The summed E-state index contributed by atoms with van der Waals surface area (Å²) in [5.74, 6) is -5.62. The van der Waals surface area contributed by atoms with Crippen LogP contribution in [-0.2, 0) is 14.4 Å². The Morgan fingerprint density at radius 1 is 1.02 bits per heavy atom. The molecule has 3 saturated carbocycles. The van der Waals surface area contributed by atoms with Crippen LogP contribution in [0.5, 0.6) is 0 Å².